The number of carbonyl (C=O) groups is 1. The minimum absolute atomic E-state index is 0.0166. The van der Waals surface area contributed by atoms with E-state index in [4.69, 9.17) is 13.9 Å². The molecule has 152 valence electrons. The van der Waals surface area contributed by atoms with E-state index in [0.717, 1.165) is 5.56 Å². The zero-order valence-electron chi connectivity index (χ0n) is 16.9. The van der Waals surface area contributed by atoms with Crippen LogP contribution in [0.25, 0.3) is 0 Å². The smallest absolute Gasteiger partial charge is 0.341 e. The Labute approximate surface area is 165 Å². The Balaban J connectivity index is 1.68. The molecule has 0 radical (unpaired) electrons. The zero-order chi connectivity index (χ0) is 20.7. The number of nitro groups is 1. The third-order valence-corrected chi connectivity index (χ3v) is 10.3. The van der Waals surface area contributed by atoms with Gasteiger partial charge in [-0.1, -0.05) is 26.8 Å². The Morgan fingerprint density at radius 2 is 1.93 bits per heavy atom. The summed E-state index contributed by atoms with van der Waals surface area (Å²) in [5.74, 6) is -0.347. The van der Waals surface area contributed by atoms with Crippen molar-refractivity contribution in [3.8, 4) is 0 Å². The monoisotopic (exact) mass is 405 g/mol. The lowest BCUT2D eigenvalue weighted by Crippen LogP contribution is -2.52. The summed E-state index contributed by atoms with van der Waals surface area (Å²) < 4.78 is 17.9. The molecule has 1 fully saturated rings. The van der Waals surface area contributed by atoms with Crippen LogP contribution < -0.4 is 0 Å². The molecule has 1 aliphatic heterocycles. The van der Waals surface area contributed by atoms with E-state index < -0.39 is 18.8 Å². The highest BCUT2D eigenvalue weighted by atomic mass is 28.4. The first kappa shape index (κ1) is 20.7. The molecule has 3 rings (SSSR count). The van der Waals surface area contributed by atoms with Crippen LogP contribution in [0, 0.1) is 10.1 Å². The van der Waals surface area contributed by atoms with E-state index in [9.17, 15) is 14.9 Å². The number of nitro benzene ring substituents is 1. The van der Waals surface area contributed by atoms with Gasteiger partial charge in [-0.25, -0.2) is 4.79 Å². The molecule has 2 bridgehead atoms. The Morgan fingerprint density at radius 3 is 2.50 bits per heavy atom. The van der Waals surface area contributed by atoms with Crippen LogP contribution in [0.4, 0.5) is 5.69 Å². The van der Waals surface area contributed by atoms with E-state index in [0.29, 0.717) is 6.42 Å². The first-order valence-electron chi connectivity index (χ1n) is 9.39. The summed E-state index contributed by atoms with van der Waals surface area (Å²) in [4.78, 5) is 22.9. The summed E-state index contributed by atoms with van der Waals surface area (Å²) in [6, 6.07) is 6.22. The quantitative estimate of drug-likeness (QED) is 0.232. The van der Waals surface area contributed by atoms with Gasteiger partial charge in [0.25, 0.3) is 5.69 Å². The Morgan fingerprint density at radius 1 is 1.29 bits per heavy atom. The highest BCUT2D eigenvalue weighted by Crippen LogP contribution is 2.45. The van der Waals surface area contributed by atoms with Crippen LogP contribution in [0.1, 0.15) is 32.8 Å². The van der Waals surface area contributed by atoms with Crippen molar-refractivity contribution in [2.45, 2.75) is 69.7 Å². The maximum Gasteiger partial charge on any atom is 0.341 e. The molecular formula is C20H27NO6Si. The van der Waals surface area contributed by atoms with Gasteiger partial charge in [0.1, 0.15) is 12.2 Å². The van der Waals surface area contributed by atoms with Crippen molar-refractivity contribution >= 4 is 20.0 Å². The van der Waals surface area contributed by atoms with E-state index in [1.165, 1.54) is 12.1 Å². The largest absolute Gasteiger partial charge is 0.457 e. The van der Waals surface area contributed by atoms with Crippen molar-refractivity contribution in [2.75, 3.05) is 0 Å². The maximum atomic E-state index is 12.6. The summed E-state index contributed by atoms with van der Waals surface area (Å²) in [6.45, 7) is 10.9. The fraction of sp³-hybridized carbons (Fsp3) is 0.550. The molecule has 1 aromatic rings. The number of ether oxygens (including phenoxy) is 2. The fourth-order valence-electron chi connectivity index (χ4n) is 3.15. The molecule has 0 aromatic heterocycles. The fourth-order valence-corrected chi connectivity index (χ4v) is 4.60. The normalized spacial score (nSPS) is 27.0. The molecular weight excluding hydrogens is 378 g/mol. The standard InChI is InChI=1S/C20H27NO6Si/c1-19(2,3)28(4,5)27-20-11-10-16(17(12-20)26-18(20)22)25-13-14-6-8-15(9-7-14)21(23)24/h6-11,16-17H,12-13H2,1-5H3/t16-,17+,20+/m1/s1. The van der Waals surface area contributed by atoms with Gasteiger partial charge in [0.2, 0.25) is 0 Å². The predicted molar refractivity (Wildman–Crippen MR) is 106 cm³/mol. The first-order valence-corrected chi connectivity index (χ1v) is 12.3. The van der Waals surface area contributed by atoms with Crippen LogP contribution in [-0.2, 0) is 25.3 Å². The molecule has 0 N–H and O–H groups in total. The zero-order valence-corrected chi connectivity index (χ0v) is 17.9. The second-order valence-electron chi connectivity index (χ2n) is 8.96. The van der Waals surface area contributed by atoms with Crippen LogP contribution in [0.15, 0.2) is 36.4 Å². The molecule has 1 aliphatic carbocycles. The lowest BCUT2D eigenvalue weighted by molar-refractivity contribution is -0.384. The second-order valence-corrected chi connectivity index (χ2v) is 13.7. The van der Waals surface area contributed by atoms with Gasteiger partial charge in [-0.2, -0.15) is 0 Å². The van der Waals surface area contributed by atoms with Crippen molar-refractivity contribution in [2.24, 2.45) is 0 Å². The molecule has 0 saturated carbocycles. The molecule has 1 saturated heterocycles. The van der Waals surface area contributed by atoms with Crippen molar-refractivity contribution in [3.63, 3.8) is 0 Å². The van der Waals surface area contributed by atoms with E-state index in [1.807, 2.05) is 6.08 Å². The summed E-state index contributed by atoms with van der Waals surface area (Å²) >= 11 is 0. The molecule has 0 unspecified atom stereocenters. The number of rotatable bonds is 6. The number of hydrogen-bond donors (Lipinski definition) is 0. The molecule has 8 heteroatoms. The van der Waals surface area contributed by atoms with Gasteiger partial charge in [-0.15, -0.1) is 0 Å². The predicted octanol–water partition coefficient (Wildman–Crippen LogP) is 4.13. The van der Waals surface area contributed by atoms with Crippen LogP contribution in [0.3, 0.4) is 0 Å². The van der Waals surface area contributed by atoms with Crippen molar-refractivity contribution in [3.05, 3.63) is 52.1 Å². The van der Waals surface area contributed by atoms with Gasteiger partial charge in [0.15, 0.2) is 13.9 Å². The Bertz CT molecular complexity index is 798. The van der Waals surface area contributed by atoms with Gasteiger partial charge in [0, 0.05) is 18.6 Å². The van der Waals surface area contributed by atoms with E-state index in [1.54, 1.807) is 18.2 Å². The molecule has 1 heterocycles. The number of benzene rings is 1. The van der Waals surface area contributed by atoms with Crippen molar-refractivity contribution in [1.29, 1.82) is 0 Å². The molecule has 28 heavy (non-hydrogen) atoms. The summed E-state index contributed by atoms with van der Waals surface area (Å²) in [5.41, 5.74) is -0.155. The van der Waals surface area contributed by atoms with Crippen LogP contribution in [0.2, 0.25) is 18.1 Å². The molecule has 2 aliphatic rings. The number of esters is 1. The molecule has 0 spiro atoms. The number of carbonyl (C=O) groups excluding carboxylic acids is 1. The second kappa shape index (κ2) is 7.09. The van der Waals surface area contributed by atoms with Gasteiger partial charge in [-0.3, -0.25) is 10.1 Å². The van der Waals surface area contributed by atoms with Gasteiger partial charge in [-0.05, 0) is 41.9 Å². The lowest BCUT2D eigenvalue weighted by Gasteiger charge is -2.42. The SMILES string of the molecule is CC(C)(C)[Si](C)(C)O[C@@]12C=C[C@@H](OCc3ccc([N+](=O)[O-])cc3)[C@H](C1)OC2=O. The van der Waals surface area contributed by atoms with E-state index in [2.05, 4.69) is 33.9 Å². The average molecular weight is 406 g/mol. The Hall–Kier alpha value is -2.03. The molecule has 7 nitrogen and oxygen atoms in total. The van der Waals surface area contributed by atoms with Gasteiger partial charge < -0.3 is 13.9 Å². The maximum absolute atomic E-state index is 12.6. The van der Waals surface area contributed by atoms with Gasteiger partial charge in [0.05, 0.1) is 11.5 Å². The summed E-state index contributed by atoms with van der Waals surface area (Å²) in [5, 5.41) is 10.7. The lowest BCUT2D eigenvalue weighted by atomic mass is 9.91. The van der Waals surface area contributed by atoms with Crippen molar-refractivity contribution < 1.29 is 23.6 Å². The average Bonchev–Trinajstić information content (AvgIpc) is 2.84. The summed E-state index contributed by atoms with van der Waals surface area (Å²) in [7, 11) is -2.16. The highest BCUT2D eigenvalue weighted by molar-refractivity contribution is 6.74. The van der Waals surface area contributed by atoms with Crippen LogP contribution in [-0.4, -0.2) is 37.0 Å². The molecule has 1 aromatic carbocycles. The van der Waals surface area contributed by atoms with E-state index in [-0.39, 0.29) is 35.5 Å². The minimum Gasteiger partial charge on any atom is -0.457 e. The number of fused-ring (bicyclic) bond motifs is 2. The van der Waals surface area contributed by atoms with Crippen LogP contribution >= 0.6 is 0 Å². The number of nitrogens with zero attached hydrogens (tertiary/aromatic N) is 1. The number of hydrogen-bond acceptors (Lipinski definition) is 6. The first-order chi connectivity index (χ1) is 12.9. The van der Waals surface area contributed by atoms with Crippen LogP contribution in [0.5, 0.6) is 0 Å². The van der Waals surface area contributed by atoms with Gasteiger partial charge >= 0.3 is 5.97 Å². The third kappa shape index (κ3) is 3.90. The topological polar surface area (TPSA) is 87.9 Å². The van der Waals surface area contributed by atoms with E-state index >= 15 is 0 Å². The Kier molecular flexibility index (Phi) is 5.24. The molecule has 0 amide bonds. The third-order valence-electron chi connectivity index (χ3n) is 5.86. The summed E-state index contributed by atoms with van der Waals surface area (Å²) in [6.07, 6.45) is 3.33. The molecule has 3 atom stereocenters. The minimum atomic E-state index is -2.16. The number of non-ortho nitro benzene ring substituents is 1. The highest BCUT2D eigenvalue weighted by Gasteiger charge is 2.57. The van der Waals surface area contributed by atoms with Crippen molar-refractivity contribution in [1.82, 2.24) is 0 Å².